The lowest BCUT2D eigenvalue weighted by Gasteiger charge is -2.12. The number of nitrogens with zero attached hydrogens (tertiary/aromatic N) is 2. The third kappa shape index (κ3) is 5.24. The van der Waals surface area contributed by atoms with Crippen LogP contribution >= 0.6 is 0 Å². The molecule has 4 rings (SSSR count). The minimum absolute atomic E-state index is 0.400. The number of carbonyl (C=O) groups is 1. The lowest BCUT2D eigenvalue weighted by molar-refractivity contribution is 0.0601. The summed E-state index contributed by atoms with van der Waals surface area (Å²) in [5, 5.41) is 4.15. The number of esters is 1. The predicted octanol–water partition coefficient (Wildman–Crippen LogP) is 6.65. The van der Waals surface area contributed by atoms with Gasteiger partial charge in [-0.2, -0.15) is 4.98 Å². The molecule has 0 N–H and O–H groups in total. The van der Waals surface area contributed by atoms with Crippen molar-refractivity contribution in [1.29, 1.82) is 0 Å². The summed E-state index contributed by atoms with van der Waals surface area (Å²) in [7, 11) is 3.03. The SMILES string of the molecule is CC.COCc1cc(-c2nc(-c3cc(C(=O)OC)ccc3C)no2)ccc1-c1ccccc1C. The van der Waals surface area contributed by atoms with Crippen molar-refractivity contribution in [1.82, 2.24) is 10.1 Å². The molecule has 0 saturated carbocycles. The molecule has 4 aromatic rings. The number of ether oxygens (including phenoxy) is 2. The first-order valence-corrected chi connectivity index (χ1v) is 11.2. The van der Waals surface area contributed by atoms with E-state index in [4.69, 9.17) is 14.0 Å². The van der Waals surface area contributed by atoms with Gasteiger partial charge in [-0.25, -0.2) is 4.79 Å². The fourth-order valence-electron chi connectivity index (χ4n) is 3.70. The minimum atomic E-state index is -0.411. The molecule has 0 fully saturated rings. The molecule has 0 spiro atoms. The van der Waals surface area contributed by atoms with Gasteiger partial charge < -0.3 is 14.0 Å². The molecule has 34 heavy (non-hydrogen) atoms. The van der Waals surface area contributed by atoms with Crippen molar-refractivity contribution in [3.05, 3.63) is 82.9 Å². The fraction of sp³-hybridized carbons (Fsp3) is 0.250. The third-order valence-corrected chi connectivity index (χ3v) is 5.41. The molecule has 0 amide bonds. The van der Waals surface area contributed by atoms with E-state index in [1.165, 1.54) is 12.7 Å². The predicted molar refractivity (Wildman–Crippen MR) is 133 cm³/mol. The van der Waals surface area contributed by atoms with Crippen LogP contribution in [0.3, 0.4) is 0 Å². The normalized spacial score (nSPS) is 10.4. The van der Waals surface area contributed by atoms with Crippen molar-refractivity contribution >= 4 is 5.97 Å². The van der Waals surface area contributed by atoms with E-state index in [1.54, 1.807) is 19.2 Å². The van der Waals surface area contributed by atoms with Gasteiger partial charge in [0.2, 0.25) is 5.82 Å². The molecule has 1 heterocycles. The Morgan fingerprint density at radius 1 is 0.882 bits per heavy atom. The highest BCUT2D eigenvalue weighted by atomic mass is 16.5. The molecule has 176 valence electrons. The van der Waals surface area contributed by atoms with Crippen LogP contribution in [-0.2, 0) is 16.1 Å². The summed E-state index contributed by atoms with van der Waals surface area (Å²) >= 11 is 0. The first kappa shape index (κ1) is 24.9. The van der Waals surface area contributed by atoms with E-state index in [1.807, 2.05) is 51.1 Å². The zero-order valence-corrected chi connectivity index (χ0v) is 20.5. The number of rotatable bonds is 6. The summed E-state index contributed by atoms with van der Waals surface area (Å²) in [6.45, 7) is 8.48. The highest BCUT2D eigenvalue weighted by molar-refractivity contribution is 5.91. The largest absolute Gasteiger partial charge is 0.465 e. The lowest BCUT2D eigenvalue weighted by Crippen LogP contribution is -2.02. The first-order chi connectivity index (χ1) is 16.5. The van der Waals surface area contributed by atoms with Crippen LogP contribution in [0.1, 0.15) is 40.9 Å². The number of methoxy groups -OCH3 is 2. The summed E-state index contributed by atoms with van der Waals surface area (Å²) in [5.41, 5.74) is 7.38. The molecule has 0 aliphatic carbocycles. The van der Waals surface area contributed by atoms with Crippen LogP contribution in [0.2, 0.25) is 0 Å². The van der Waals surface area contributed by atoms with Gasteiger partial charge in [0.25, 0.3) is 5.89 Å². The second-order valence-electron chi connectivity index (χ2n) is 7.56. The van der Waals surface area contributed by atoms with Crippen LogP contribution < -0.4 is 0 Å². The summed E-state index contributed by atoms with van der Waals surface area (Å²) < 4.78 is 15.8. The Labute approximate surface area is 200 Å². The molecule has 0 unspecified atom stereocenters. The van der Waals surface area contributed by atoms with Crippen LogP contribution in [-0.4, -0.2) is 30.3 Å². The molecule has 0 aliphatic rings. The van der Waals surface area contributed by atoms with E-state index >= 15 is 0 Å². The van der Waals surface area contributed by atoms with Gasteiger partial charge in [-0.15, -0.1) is 0 Å². The Morgan fingerprint density at radius 3 is 2.32 bits per heavy atom. The van der Waals surface area contributed by atoms with Gasteiger partial charge in [-0.05, 0) is 65.9 Å². The number of hydrogen-bond acceptors (Lipinski definition) is 6. The Bertz CT molecular complexity index is 1280. The minimum Gasteiger partial charge on any atom is -0.465 e. The molecule has 6 heteroatoms. The van der Waals surface area contributed by atoms with E-state index in [2.05, 4.69) is 35.3 Å². The Morgan fingerprint density at radius 2 is 1.62 bits per heavy atom. The van der Waals surface area contributed by atoms with Crippen LogP contribution in [0.4, 0.5) is 0 Å². The van der Waals surface area contributed by atoms with E-state index in [0.29, 0.717) is 23.9 Å². The Hall–Kier alpha value is -3.77. The van der Waals surface area contributed by atoms with Crippen molar-refractivity contribution in [3.8, 4) is 34.0 Å². The quantitative estimate of drug-likeness (QED) is 0.301. The zero-order chi connectivity index (χ0) is 24.7. The molecule has 0 radical (unpaired) electrons. The van der Waals surface area contributed by atoms with Crippen LogP contribution in [0.15, 0.2) is 65.2 Å². The van der Waals surface area contributed by atoms with E-state index in [9.17, 15) is 4.79 Å². The number of aromatic nitrogens is 2. The smallest absolute Gasteiger partial charge is 0.337 e. The number of aryl methyl sites for hydroxylation is 2. The molecule has 0 atom stereocenters. The maximum absolute atomic E-state index is 11.9. The Kier molecular flexibility index (Phi) is 8.33. The standard InChI is InChI=1S/C26H24N2O4.C2H6/c1-16-7-5-6-8-21(16)22-12-11-18(13-20(22)15-30-3)25-27-24(28-32-25)23-14-19(26(29)31-4)10-9-17(23)2;1-2/h5-14H,15H2,1-4H3;1-2H3. The highest BCUT2D eigenvalue weighted by Crippen LogP contribution is 2.32. The topological polar surface area (TPSA) is 74.5 Å². The Balaban J connectivity index is 0.00000158. The van der Waals surface area contributed by atoms with Gasteiger partial charge in [0.05, 0.1) is 19.3 Å². The fourth-order valence-corrected chi connectivity index (χ4v) is 3.70. The zero-order valence-electron chi connectivity index (χ0n) is 20.5. The average Bonchev–Trinajstić information content (AvgIpc) is 3.36. The number of carbonyl (C=O) groups excluding carboxylic acids is 1. The molecule has 1 aromatic heterocycles. The van der Waals surface area contributed by atoms with Crippen molar-refractivity contribution in [2.75, 3.05) is 14.2 Å². The van der Waals surface area contributed by atoms with Gasteiger partial charge >= 0.3 is 5.97 Å². The molecule has 0 aliphatic heterocycles. The van der Waals surface area contributed by atoms with Gasteiger partial charge in [0, 0.05) is 18.2 Å². The molecular weight excluding hydrogens is 428 g/mol. The monoisotopic (exact) mass is 458 g/mol. The van der Waals surface area contributed by atoms with Crippen molar-refractivity contribution in [2.45, 2.75) is 34.3 Å². The summed E-state index contributed by atoms with van der Waals surface area (Å²) in [6.07, 6.45) is 0. The van der Waals surface area contributed by atoms with Crippen molar-refractivity contribution in [3.63, 3.8) is 0 Å². The summed E-state index contributed by atoms with van der Waals surface area (Å²) in [5.74, 6) is 0.405. The van der Waals surface area contributed by atoms with Crippen LogP contribution in [0.25, 0.3) is 34.0 Å². The van der Waals surface area contributed by atoms with Gasteiger partial charge in [0.15, 0.2) is 0 Å². The molecule has 3 aromatic carbocycles. The molecule has 0 bridgehead atoms. The second kappa shape index (κ2) is 11.4. The number of benzene rings is 3. The first-order valence-electron chi connectivity index (χ1n) is 11.2. The van der Waals surface area contributed by atoms with Crippen LogP contribution in [0.5, 0.6) is 0 Å². The van der Waals surface area contributed by atoms with Crippen molar-refractivity contribution in [2.24, 2.45) is 0 Å². The van der Waals surface area contributed by atoms with Crippen molar-refractivity contribution < 1.29 is 18.8 Å². The lowest BCUT2D eigenvalue weighted by atomic mass is 9.94. The highest BCUT2D eigenvalue weighted by Gasteiger charge is 2.17. The van der Waals surface area contributed by atoms with Gasteiger partial charge in [-0.1, -0.05) is 55.4 Å². The maximum atomic E-state index is 11.9. The maximum Gasteiger partial charge on any atom is 0.337 e. The van der Waals surface area contributed by atoms with E-state index < -0.39 is 5.97 Å². The summed E-state index contributed by atoms with van der Waals surface area (Å²) in [4.78, 5) is 16.5. The number of hydrogen-bond donors (Lipinski definition) is 0. The average molecular weight is 459 g/mol. The molecule has 6 nitrogen and oxygen atoms in total. The van der Waals surface area contributed by atoms with Crippen LogP contribution in [0, 0.1) is 13.8 Å². The third-order valence-electron chi connectivity index (χ3n) is 5.41. The van der Waals surface area contributed by atoms with E-state index in [-0.39, 0.29) is 0 Å². The van der Waals surface area contributed by atoms with Gasteiger partial charge in [0.1, 0.15) is 0 Å². The van der Waals surface area contributed by atoms with E-state index in [0.717, 1.165) is 33.4 Å². The van der Waals surface area contributed by atoms with Gasteiger partial charge in [-0.3, -0.25) is 0 Å². The molecule has 0 saturated heterocycles. The molecular formula is C28H30N2O4. The summed E-state index contributed by atoms with van der Waals surface area (Å²) in [6, 6.07) is 19.6. The second-order valence-corrected chi connectivity index (χ2v) is 7.56.